The number of nitrogens with one attached hydrogen (secondary N) is 1. The van der Waals surface area contributed by atoms with Gasteiger partial charge < -0.3 is 24.4 Å². The van der Waals surface area contributed by atoms with Crippen LogP contribution in [0.15, 0.2) is 35.4 Å². The molecule has 1 unspecified atom stereocenters. The second-order valence-electron chi connectivity index (χ2n) is 13.1. The van der Waals surface area contributed by atoms with Crippen LogP contribution in [0.3, 0.4) is 0 Å². The normalized spacial score (nSPS) is 20.3. The summed E-state index contributed by atoms with van der Waals surface area (Å²) in [6.45, 7) is 7.65. The van der Waals surface area contributed by atoms with E-state index in [0.29, 0.717) is 60.7 Å². The molecule has 17 heteroatoms. The highest BCUT2D eigenvalue weighted by atomic mass is 35.5. The number of alkyl halides is 3. The number of rotatable bonds is 5. The van der Waals surface area contributed by atoms with Crippen LogP contribution in [-0.4, -0.2) is 72.0 Å². The Morgan fingerprint density at radius 1 is 1.10 bits per heavy atom. The van der Waals surface area contributed by atoms with E-state index < -0.39 is 28.8 Å². The fraction of sp³-hybridized carbons (Fsp3) is 0.469. The minimum Gasteiger partial charge on any atom is -0.364 e. The van der Waals surface area contributed by atoms with Gasteiger partial charge in [0.1, 0.15) is 24.2 Å². The first-order valence-corrected chi connectivity index (χ1v) is 16.3. The van der Waals surface area contributed by atoms with E-state index in [4.69, 9.17) is 21.3 Å². The molecule has 4 aromatic rings. The van der Waals surface area contributed by atoms with Gasteiger partial charge in [-0.05, 0) is 55.9 Å². The van der Waals surface area contributed by atoms with Gasteiger partial charge in [0.15, 0.2) is 0 Å². The Hall–Kier alpha value is -4.57. The third kappa shape index (κ3) is 5.90. The Kier molecular flexibility index (Phi) is 8.13. The van der Waals surface area contributed by atoms with Crippen molar-refractivity contribution in [2.24, 2.45) is 11.8 Å². The molecule has 3 aromatic heterocycles. The van der Waals surface area contributed by atoms with E-state index in [-0.39, 0.29) is 54.3 Å². The number of piperidine rings is 1. The Morgan fingerprint density at radius 2 is 1.82 bits per heavy atom. The minimum absolute atomic E-state index is 0.000726. The van der Waals surface area contributed by atoms with Crippen molar-refractivity contribution in [3.8, 4) is 0 Å². The molecule has 0 aliphatic carbocycles. The number of aryl methyl sites for hydroxylation is 1. The molecule has 3 aliphatic heterocycles. The van der Waals surface area contributed by atoms with Crippen molar-refractivity contribution < 1.29 is 27.5 Å². The summed E-state index contributed by atoms with van der Waals surface area (Å²) < 4.78 is 48.7. The van der Waals surface area contributed by atoms with Crippen molar-refractivity contribution in [3.63, 3.8) is 0 Å². The largest absolute Gasteiger partial charge is 0.416 e. The average molecular weight is 700 g/mol. The Bertz CT molecular complexity index is 2030. The highest BCUT2D eigenvalue weighted by Crippen LogP contribution is 2.43. The fourth-order valence-corrected chi connectivity index (χ4v) is 7.12. The number of fused-ring (bicyclic) bond motifs is 3. The summed E-state index contributed by atoms with van der Waals surface area (Å²) in [6.07, 6.45) is -2.63. The van der Waals surface area contributed by atoms with Crippen LogP contribution in [0.2, 0.25) is 5.02 Å². The van der Waals surface area contributed by atoms with Gasteiger partial charge in [0.25, 0.3) is 11.5 Å². The molecule has 13 nitrogen and oxygen atoms in total. The number of benzene rings is 1. The molecule has 49 heavy (non-hydrogen) atoms. The lowest BCUT2D eigenvalue weighted by molar-refractivity contribution is -0.137. The molecule has 1 N–H and O–H groups in total. The topological polar surface area (TPSA) is 140 Å². The summed E-state index contributed by atoms with van der Waals surface area (Å²) in [7, 11) is 0. The number of likely N-dealkylation sites (tertiary alicyclic amines) is 1. The molecule has 2 saturated heterocycles. The lowest BCUT2D eigenvalue weighted by atomic mass is 9.85. The second kappa shape index (κ2) is 12.1. The van der Waals surface area contributed by atoms with Crippen LogP contribution in [0.25, 0.3) is 5.78 Å². The molecule has 1 spiro atoms. The molecule has 0 saturated carbocycles. The molecule has 1 aromatic carbocycles. The zero-order chi connectivity index (χ0) is 34.8. The van der Waals surface area contributed by atoms with Gasteiger partial charge in [0, 0.05) is 31.9 Å². The van der Waals surface area contributed by atoms with Gasteiger partial charge in [0.2, 0.25) is 17.6 Å². The molecular weight excluding hydrogens is 667 g/mol. The predicted molar refractivity (Wildman–Crippen MR) is 171 cm³/mol. The minimum atomic E-state index is -4.60. The number of hydrogen-bond acceptors (Lipinski definition) is 9. The van der Waals surface area contributed by atoms with Gasteiger partial charge in [-0.2, -0.15) is 22.7 Å². The first-order chi connectivity index (χ1) is 23.2. The van der Waals surface area contributed by atoms with Crippen LogP contribution in [0.5, 0.6) is 0 Å². The quantitative estimate of drug-likeness (QED) is 0.327. The molecule has 0 radical (unpaired) electrons. The van der Waals surface area contributed by atoms with E-state index in [1.165, 1.54) is 10.8 Å². The number of carbonyl (C=O) groups is 2. The van der Waals surface area contributed by atoms with Gasteiger partial charge in [-0.15, -0.1) is 5.10 Å². The molecule has 0 bridgehead atoms. The molecule has 2 atom stereocenters. The molecule has 7 rings (SSSR count). The number of anilines is 2. The standard InChI is InChI=1S/C32H33ClF3N9O4/c1-17-12-43(13-18(17)2)29-40-30-44(14-25(46)39-22-5-4-20(11-21(22)33)32(34,35)36)24-15-49-31(26(24)28(48)45(30)41-29)6-8-42(9-7-31)27(47)23-10-19(3)37-16-38-23/h4-5,10-11,16-18H,6-9,12-15H2,1-3H3,(H,39,46)/t17-,18?/m1/s1. The molecule has 6 heterocycles. The van der Waals surface area contributed by atoms with Crippen molar-refractivity contribution >= 4 is 40.8 Å². The maximum absolute atomic E-state index is 14.3. The van der Waals surface area contributed by atoms with Crippen LogP contribution in [-0.2, 0) is 34.5 Å². The van der Waals surface area contributed by atoms with E-state index in [0.717, 1.165) is 18.2 Å². The number of amides is 2. The van der Waals surface area contributed by atoms with Gasteiger partial charge in [-0.25, -0.2) is 9.97 Å². The molecule has 3 aliphatic rings. The third-order valence-corrected chi connectivity index (χ3v) is 10.1. The van der Waals surface area contributed by atoms with E-state index in [2.05, 4.69) is 34.2 Å². The SMILES string of the molecule is Cc1cc(C(=O)N2CCC3(CC2)OCc2c3c(=O)n3nc(N4CC(C)[C@H](C)C4)nc3n2CC(=O)Nc2ccc(C(F)(F)F)cc2Cl)ncn1. The summed E-state index contributed by atoms with van der Waals surface area (Å²) in [4.78, 5) is 57.5. The van der Waals surface area contributed by atoms with Crippen LogP contribution in [0, 0.1) is 18.8 Å². The summed E-state index contributed by atoms with van der Waals surface area (Å²) in [5, 5.41) is 6.93. The Morgan fingerprint density at radius 3 is 2.47 bits per heavy atom. The summed E-state index contributed by atoms with van der Waals surface area (Å²) in [5.41, 5.74) is -0.686. The first-order valence-electron chi connectivity index (χ1n) is 15.9. The number of aromatic nitrogens is 6. The Balaban J connectivity index is 1.23. The van der Waals surface area contributed by atoms with Crippen LogP contribution in [0.1, 0.15) is 59.7 Å². The van der Waals surface area contributed by atoms with E-state index in [1.807, 2.05) is 4.90 Å². The smallest absolute Gasteiger partial charge is 0.364 e. The van der Waals surface area contributed by atoms with Gasteiger partial charge in [0.05, 0.1) is 34.1 Å². The summed E-state index contributed by atoms with van der Waals surface area (Å²) in [5.74, 6) is 0.388. The number of ether oxygens (including phenoxy) is 1. The van der Waals surface area contributed by atoms with Crippen molar-refractivity contribution in [2.75, 3.05) is 36.4 Å². The maximum Gasteiger partial charge on any atom is 0.416 e. The third-order valence-electron chi connectivity index (χ3n) is 9.81. The number of halogens is 4. The predicted octanol–water partition coefficient (Wildman–Crippen LogP) is 4.05. The van der Waals surface area contributed by atoms with Crippen molar-refractivity contribution in [3.05, 3.63) is 74.2 Å². The average Bonchev–Trinajstić information content (AvgIpc) is 3.76. The number of hydrogen-bond donors (Lipinski definition) is 1. The second-order valence-corrected chi connectivity index (χ2v) is 13.5. The van der Waals surface area contributed by atoms with Gasteiger partial charge >= 0.3 is 6.18 Å². The van der Waals surface area contributed by atoms with E-state index in [1.54, 1.807) is 22.5 Å². The lowest BCUT2D eigenvalue weighted by Gasteiger charge is -2.38. The van der Waals surface area contributed by atoms with Crippen molar-refractivity contribution in [2.45, 2.75) is 58.5 Å². The van der Waals surface area contributed by atoms with E-state index >= 15 is 0 Å². The highest BCUT2D eigenvalue weighted by Gasteiger charge is 2.48. The Labute approximate surface area is 283 Å². The van der Waals surface area contributed by atoms with Crippen LogP contribution >= 0.6 is 11.6 Å². The molecular formula is C32H33ClF3N9O4. The van der Waals surface area contributed by atoms with Gasteiger partial charge in [-0.3, -0.25) is 14.4 Å². The monoisotopic (exact) mass is 699 g/mol. The fourth-order valence-electron chi connectivity index (χ4n) is 6.89. The zero-order valence-corrected chi connectivity index (χ0v) is 27.7. The number of carbonyl (C=O) groups excluding carboxylic acids is 2. The maximum atomic E-state index is 14.3. The highest BCUT2D eigenvalue weighted by molar-refractivity contribution is 6.33. The van der Waals surface area contributed by atoms with E-state index in [9.17, 15) is 27.6 Å². The molecule has 258 valence electrons. The van der Waals surface area contributed by atoms with Crippen LogP contribution in [0.4, 0.5) is 24.8 Å². The first kappa shape index (κ1) is 33.0. The van der Waals surface area contributed by atoms with Gasteiger partial charge in [-0.1, -0.05) is 25.4 Å². The number of nitrogens with zero attached hydrogens (tertiary/aromatic N) is 8. The van der Waals surface area contributed by atoms with Crippen LogP contribution < -0.4 is 15.8 Å². The van der Waals surface area contributed by atoms with Crippen molar-refractivity contribution in [1.82, 2.24) is 34.0 Å². The van der Waals surface area contributed by atoms with Crippen molar-refractivity contribution in [1.29, 1.82) is 0 Å². The summed E-state index contributed by atoms with van der Waals surface area (Å²) in [6, 6.07) is 4.29. The molecule has 2 amide bonds. The molecule has 2 fully saturated rings. The summed E-state index contributed by atoms with van der Waals surface area (Å²) >= 11 is 6.12. The lowest BCUT2D eigenvalue weighted by Crippen LogP contribution is -2.47. The zero-order valence-electron chi connectivity index (χ0n) is 26.9.